The molecule has 0 saturated carbocycles. The van der Waals surface area contributed by atoms with Gasteiger partial charge in [0.15, 0.2) is 5.76 Å². The van der Waals surface area contributed by atoms with Crippen LogP contribution in [0.2, 0.25) is 0 Å². The van der Waals surface area contributed by atoms with E-state index >= 15 is 0 Å². The zero-order chi connectivity index (χ0) is 14.1. The summed E-state index contributed by atoms with van der Waals surface area (Å²) in [7, 11) is 0. The molecule has 3 rings (SSSR count). The van der Waals surface area contributed by atoms with Gasteiger partial charge in [-0.15, -0.1) is 0 Å². The van der Waals surface area contributed by atoms with Crippen LogP contribution in [0.4, 0.5) is 4.39 Å². The van der Waals surface area contributed by atoms with Crippen molar-refractivity contribution in [3.63, 3.8) is 0 Å². The highest BCUT2D eigenvalue weighted by atomic mass is 19.1. The highest BCUT2D eigenvalue weighted by Gasteiger charge is 2.27. The number of fused-ring (bicyclic) bond motifs is 1. The van der Waals surface area contributed by atoms with E-state index in [0.29, 0.717) is 6.54 Å². The first-order valence-corrected chi connectivity index (χ1v) is 6.76. The summed E-state index contributed by atoms with van der Waals surface area (Å²) in [6, 6.07) is 6.54. The fourth-order valence-corrected chi connectivity index (χ4v) is 2.60. The molecule has 0 aliphatic carbocycles. The Hall–Kier alpha value is -2.17. The van der Waals surface area contributed by atoms with E-state index in [1.54, 1.807) is 18.3 Å². The third-order valence-corrected chi connectivity index (χ3v) is 3.73. The highest BCUT2D eigenvalue weighted by molar-refractivity contribution is 5.28. The van der Waals surface area contributed by atoms with Crippen molar-refractivity contribution >= 4 is 0 Å². The summed E-state index contributed by atoms with van der Waals surface area (Å²) >= 11 is 0. The van der Waals surface area contributed by atoms with Crippen LogP contribution in [0, 0.1) is 5.82 Å². The first-order chi connectivity index (χ1) is 9.63. The average Bonchev–Trinajstić information content (AvgIpc) is 2.46. The average molecular weight is 275 g/mol. The van der Waals surface area contributed by atoms with Gasteiger partial charge in [-0.2, -0.15) is 0 Å². The molecule has 0 spiro atoms. The van der Waals surface area contributed by atoms with Gasteiger partial charge in [0.2, 0.25) is 0 Å². The Kier molecular flexibility index (Phi) is 3.26. The molecule has 4 nitrogen and oxygen atoms in total. The van der Waals surface area contributed by atoms with Crippen molar-refractivity contribution < 1.29 is 9.50 Å². The Balaban J connectivity index is 1.78. The predicted octanol–water partition coefficient (Wildman–Crippen LogP) is 2.13. The second kappa shape index (κ2) is 5.07. The lowest BCUT2D eigenvalue weighted by atomic mass is 10.1. The standard InChI is InChI=1S/C15H18FN3O/c1-11-17-8-15(20)14-10-18(6-7-19(11)14)9-12-2-4-13(16)5-3-12/h2-5,8,10-11,17,20H,6-7,9H2,1H3. The smallest absolute Gasteiger partial charge is 0.156 e. The van der Waals surface area contributed by atoms with Gasteiger partial charge in [0.05, 0.1) is 11.9 Å². The van der Waals surface area contributed by atoms with Gasteiger partial charge in [0.25, 0.3) is 0 Å². The maximum Gasteiger partial charge on any atom is 0.156 e. The topological polar surface area (TPSA) is 38.7 Å². The third-order valence-electron chi connectivity index (χ3n) is 3.73. The van der Waals surface area contributed by atoms with Gasteiger partial charge < -0.3 is 20.2 Å². The van der Waals surface area contributed by atoms with Crippen LogP contribution in [0.25, 0.3) is 0 Å². The Labute approximate surface area is 117 Å². The number of aliphatic hydroxyl groups is 1. The van der Waals surface area contributed by atoms with Crippen LogP contribution in [0.3, 0.4) is 0 Å². The summed E-state index contributed by atoms with van der Waals surface area (Å²) in [5.74, 6) is 0.0385. The Morgan fingerprint density at radius 2 is 2.05 bits per heavy atom. The van der Waals surface area contributed by atoms with Gasteiger partial charge in [-0.1, -0.05) is 12.1 Å². The molecule has 1 atom stereocenters. The van der Waals surface area contributed by atoms with Crippen LogP contribution >= 0.6 is 0 Å². The minimum Gasteiger partial charge on any atom is -0.504 e. The molecular weight excluding hydrogens is 257 g/mol. The van der Waals surface area contributed by atoms with Crippen molar-refractivity contribution in [2.24, 2.45) is 0 Å². The summed E-state index contributed by atoms with van der Waals surface area (Å²) in [5.41, 5.74) is 1.90. The van der Waals surface area contributed by atoms with Gasteiger partial charge in [-0.05, 0) is 24.6 Å². The largest absolute Gasteiger partial charge is 0.504 e. The fourth-order valence-electron chi connectivity index (χ4n) is 2.60. The van der Waals surface area contributed by atoms with E-state index in [9.17, 15) is 9.50 Å². The van der Waals surface area contributed by atoms with Gasteiger partial charge >= 0.3 is 0 Å². The SMILES string of the molecule is CC1NC=C(O)C2=CN(Cc3ccc(F)cc3)CCN21. The van der Waals surface area contributed by atoms with Crippen molar-refractivity contribution in [3.05, 3.63) is 59.5 Å². The number of benzene rings is 1. The summed E-state index contributed by atoms with van der Waals surface area (Å²) in [6.45, 7) is 4.50. The third kappa shape index (κ3) is 2.43. The molecule has 0 bridgehead atoms. The number of nitrogens with zero attached hydrogens (tertiary/aromatic N) is 2. The van der Waals surface area contributed by atoms with Crippen molar-refractivity contribution in [2.75, 3.05) is 13.1 Å². The molecule has 106 valence electrons. The van der Waals surface area contributed by atoms with E-state index in [1.165, 1.54) is 12.1 Å². The van der Waals surface area contributed by atoms with Crippen molar-refractivity contribution in [1.29, 1.82) is 0 Å². The molecule has 20 heavy (non-hydrogen) atoms. The molecule has 0 fully saturated rings. The minimum absolute atomic E-state index is 0.185. The van der Waals surface area contributed by atoms with Crippen LogP contribution in [0.1, 0.15) is 12.5 Å². The summed E-state index contributed by atoms with van der Waals surface area (Å²) < 4.78 is 12.9. The Bertz CT molecular complexity index is 553. The molecule has 2 heterocycles. The maximum atomic E-state index is 12.9. The van der Waals surface area contributed by atoms with Crippen LogP contribution in [0.15, 0.2) is 48.1 Å². The molecule has 2 aliphatic heterocycles. The minimum atomic E-state index is -0.218. The maximum absolute atomic E-state index is 12.9. The van der Waals surface area contributed by atoms with Gasteiger partial charge in [-0.25, -0.2) is 4.39 Å². The van der Waals surface area contributed by atoms with E-state index in [0.717, 1.165) is 24.4 Å². The number of hydrogen-bond donors (Lipinski definition) is 2. The molecule has 5 heteroatoms. The normalized spacial score (nSPS) is 21.8. The highest BCUT2D eigenvalue weighted by Crippen LogP contribution is 2.24. The first-order valence-electron chi connectivity index (χ1n) is 6.76. The molecule has 0 radical (unpaired) electrons. The van der Waals surface area contributed by atoms with Crippen LogP contribution in [-0.4, -0.2) is 34.2 Å². The molecule has 0 amide bonds. The lowest BCUT2D eigenvalue weighted by Gasteiger charge is -2.41. The Morgan fingerprint density at radius 1 is 1.30 bits per heavy atom. The molecule has 0 aromatic heterocycles. The summed E-state index contributed by atoms with van der Waals surface area (Å²) in [4.78, 5) is 4.28. The number of hydrogen-bond acceptors (Lipinski definition) is 4. The Morgan fingerprint density at radius 3 is 2.80 bits per heavy atom. The van der Waals surface area contributed by atoms with Gasteiger partial charge in [0, 0.05) is 32.0 Å². The zero-order valence-electron chi connectivity index (χ0n) is 11.4. The zero-order valence-corrected chi connectivity index (χ0v) is 11.4. The summed E-state index contributed by atoms with van der Waals surface area (Å²) in [6.07, 6.45) is 3.79. The van der Waals surface area contributed by atoms with Crippen LogP contribution < -0.4 is 5.32 Å². The predicted molar refractivity (Wildman–Crippen MR) is 74.9 cm³/mol. The molecular formula is C15H18FN3O. The van der Waals surface area contributed by atoms with Crippen molar-refractivity contribution in [2.45, 2.75) is 19.6 Å². The van der Waals surface area contributed by atoms with E-state index in [-0.39, 0.29) is 17.7 Å². The molecule has 1 aromatic rings. The molecule has 0 saturated heterocycles. The van der Waals surface area contributed by atoms with E-state index in [2.05, 4.69) is 22.0 Å². The molecule has 1 unspecified atom stereocenters. The first kappa shape index (κ1) is 12.8. The lowest BCUT2D eigenvalue weighted by Crippen LogP contribution is -2.50. The van der Waals surface area contributed by atoms with Gasteiger partial charge in [0.1, 0.15) is 5.82 Å². The number of aliphatic hydroxyl groups excluding tert-OH is 1. The molecule has 2 aliphatic rings. The van der Waals surface area contributed by atoms with Crippen molar-refractivity contribution in [1.82, 2.24) is 15.1 Å². The molecule has 2 N–H and O–H groups in total. The number of halogens is 1. The second-order valence-electron chi connectivity index (χ2n) is 5.18. The fraction of sp³-hybridized carbons (Fsp3) is 0.333. The monoisotopic (exact) mass is 275 g/mol. The van der Waals surface area contributed by atoms with Crippen LogP contribution in [0.5, 0.6) is 0 Å². The van der Waals surface area contributed by atoms with E-state index < -0.39 is 0 Å². The summed E-state index contributed by atoms with van der Waals surface area (Å²) in [5, 5.41) is 13.1. The second-order valence-corrected chi connectivity index (χ2v) is 5.18. The van der Waals surface area contributed by atoms with Crippen LogP contribution in [-0.2, 0) is 6.54 Å². The van der Waals surface area contributed by atoms with E-state index in [4.69, 9.17) is 0 Å². The van der Waals surface area contributed by atoms with E-state index in [1.807, 2.05) is 6.20 Å². The van der Waals surface area contributed by atoms with Gasteiger partial charge in [-0.3, -0.25) is 0 Å². The quantitative estimate of drug-likeness (QED) is 0.867. The molecule has 1 aromatic carbocycles. The number of rotatable bonds is 2. The van der Waals surface area contributed by atoms with Crippen molar-refractivity contribution in [3.8, 4) is 0 Å². The lowest BCUT2D eigenvalue weighted by molar-refractivity contribution is 0.159. The number of nitrogens with one attached hydrogen (secondary N) is 1.